The molecule has 26 heavy (non-hydrogen) atoms. The van der Waals surface area contributed by atoms with Gasteiger partial charge in [0.25, 0.3) is 0 Å². The number of carbonyl (C=O) groups excluding carboxylic acids is 1. The van der Waals surface area contributed by atoms with Crippen molar-refractivity contribution in [2.75, 3.05) is 5.75 Å². The van der Waals surface area contributed by atoms with Gasteiger partial charge in [-0.15, -0.1) is 10.2 Å². The van der Waals surface area contributed by atoms with E-state index in [1.54, 1.807) is 6.26 Å². The number of thioether (sulfide) groups is 1. The van der Waals surface area contributed by atoms with E-state index >= 15 is 0 Å². The molecule has 2 aromatic rings. The molecule has 0 aliphatic heterocycles. The maximum Gasteiger partial charge on any atom is 0.230 e. The lowest BCUT2D eigenvalue weighted by molar-refractivity contribution is -0.119. The summed E-state index contributed by atoms with van der Waals surface area (Å²) in [4.78, 5) is 12.4. The summed E-state index contributed by atoms with van der Waals surface area (Å²) in [6, 6.07) is 2.15. The molecule has 0 spiro atoms. The van der Waals surface area contributed by atoms with Gasteiger partial charge in [0.15, 0.2) is 11.0 Å². The highest BCUT2D eigenvalue weighted by Gasteiger charge is 2.42. The second-order valence-electron chi connectivity index (χ2n) is 7.74. The minimum atomic E-state index is 0.0781. The van der Waals surface area contributed by atoms with E-state index in [4.69, 9.17) is 4.42 Å². The van der Waals surface area contributed by atoms with Crippen molar-refractivity contribution in [3.05, 3.63) is 18.1 Å². The van der Waals surface area contributed by atoms with Crippen molar-refractivity contribution in [3.63, 3.8) is 0 Å². The van der Waals surface area contributed by atoms with Gasteiger partial charge >= 0.3 is 0 Å². The predicted octanol–water partition coefficient (Wildman–Crippen LogP) is 3.42. The predicted molar refractivity (Wildman–Crippen MR) is 101 cm³/mol. The van der Waals surface area contributed by atoms with E-state index in [9.17, 15) is 4.79 Å². The molecule has 6 nitrogen and oxygen atoms in total. The standard InChI is InChI=1S/C19H26N4O2S/c1-11(16-9-13-4-5-14(16)8-13)20-17(24)10-26-19-22-21-18(23(19)3)15-6-7-25-12(15)2/h6-7,11,13-14,16H,4-5,8-10H2,1-3H3,(H,20,24)/t11-,13-,14-,16+/m0/s1. The topological polar surface area (TPSA) is 72.9 Å². The summed E-state index contributed by atoms with van der Waals surface area (Å²) in [5.41, 5.74) is 0.932. The van der Waals surface area contributed by atoms with Gasteiger partial charge in [-0.2, -0.15) is 0 Å². The summed E-state index contributed by atoms with van der Waals surface area (Å²) in [6.07, 6.45) is 7.04. The highest BCUT2D eigenvalue weighted by atomic mass is 32.2. The molecule has 2 heterocycles. The van der Waals surface area contributed by atoms with Crippen LogP contribution in [-0.4, -0.2) is 32.5 Å². The van der Waals surface area contributed by atoms with E-state index in [0.29, 0.717) is 11.7 Å². The minimum absolute atomic E-state index is 0.0781. The number of hydrogen-bond donors (Lipinski definition) is 1. The van der Waals surface area contributed by atoms with E-state index in [2.05, 4.69) is 22.4 Å². The molecule has 2 saturated carbocycles. The molecule has 1 amide bonds. The fourth-order valence-corrected chi connectivity index (χ4v) is 5.45. The zero-order valence-electron chi connectivity index (χ0n) is 15.6. The Bertz CT molecular complexity index is 799. The molecule has 7 heteroatoms. The number of carbonyl (C=O) groups is 1. The molecular weight excluding hydrogens is 348 g/mol. The number of fused-ring (bicyclic) bond motifs is 2. The Morgan fingerprint density at radius 2 is 2.27 bits per heavy atom. The fraction of sp³-hybridized carbons (Fsp3) is 0.632. The Labute approximate surface area is 158 Å². The summed E-state index contributed by atoms with van der Waals surface area (Å²) in [5.74, 6) is 4.40. The fourth-order valence-electron chi connectivity index (χ4n) is 4.73. The van der Waals surface area contributed by atoms with Crippen LogP contribution in [0.1, 0.15) is 38.4 Å². The van der Waals surface area contributed by atoms with Gasteiger partial charge in [0.05, 0.1) is 17.6 Å². The molecule has 2 fully saturated rings. The average molecular weight is 375 g/mol. The Morgan fingerprint density at radius 1 is 1.42 bits per heavy atom. The molecular formula is C19H26N4O2S. The number of aromatic nitrogens is 3. The third kappa shape index (κ3) is 3.29. The van der Waals surface area contributed by atoms with E-state index in [-0.39, 0.29) is 11.9 Å². The molecule has 2 aliphatic carbocycles. The van der Waals surface area contributed by atoms with Gasteiger partial charge in [0.1, 0.15) is 5.76 Å². The Morgan fingerprint density at radius 3 is 2.92 bits per heavy atom. The van der Waals surface area contributed by atoms with Gasteiger partial charge in [-0.3, -0.25) is 4.79 Å². The molecule has 2 aliphatic rings. The zero-order chi connectivity index (χ0) is 18.3. The third-order valence-corrected chi connectivity index (χ3v) is 7.11. The van der Waals surface area contributed by atoms with Crippen molar-refractivity contribution in [2.45, 2.75) is 50.7 Å². The molecule has 140 valence electrons. The summed E-state index contributed by atoms with van der Waals surface area (Å²) >= 11 is 1.43. The number of rotatable bonds is 6. The third-order valence-electron chi connectivity index (χ3n) is 6.09. The molecule has 0 saturated heterocycles. The van der Waals surface area contributed by atoms with Crippen LogP contribution in [0, 0.1) is 24.7 Å². The monoisotopic (exact) mass is 374 g/mol. The Balaban J connectivity index is 1.32. The summed E-state index contributed by atoms with van der Waals surface area (Å²) < 4.78 is 7.25. The number of aryl methyl sites for hydroxylation is 1. The highest BCUT2D eigenvalue weighted by molar-refractivity contribution is 7.99. The van der Waals surface area contributed by atoms with Gasteiger partial charge in [-0.25, -0.2) is 0 Å². The largest absolute Gasteiger partial charge is 0.469 e. The Hall–Kier alpha value is -1.76. The molecule has 0 aromatic carbocycles. The molecule has 0 radical (unpaired) electrons. The van der Waals surface area contributed by atoms with Crippen LogP contribution in [-0.2, 0) is 11.8 Å². The molecule has 1 N–H and O–H groups in total. The van der Waals surface area contributed by atoms with Crippen LogP contribution in [0.5, 0.6) is 0 Å². The quantitative estimate of drug-likeness (QED) is 0.785. The lowest BCUT2D eigenvalue weighted by Gasteiger charge is -2.28. The molecule has 0 unspecified atom stereocenters. The number of nitrogens with zero attached hydrogens (tertiary/aromatic N) is 3. The van der Waals surface area contributed by atoms with E-state index in [0.717, 1.165) is 34.1 Å². The van der Waals surface area contributed by atoms with Crippen molar-refractivity contribution in [1.82, 2.24) is 20.1 Å². The zero-order valence-corrected chi connectivity index (χ0v) is 16.4. The summed E-state index contributed by atoms with van der Waals surface area (Å²) in [6.45, 7) is 4.07. The van der Waals surface area contributed by atoms with E-state index < -0.39 is 0 Å². The van der Waals surface area contributed by atoms with Gasteiger partial charge in [0, 0.05) is 13.1 Å². The van der Waals surface area contributed by atoms with Gasteiger partial charge < -0.3 is 14.3 Å². The molecule has 2 aromatic heterocycles. The average Bonchev–Trinajstić information content (AvgIpc) is 3.38. The van der Waals surface area contributed by atoms with E-state index in [1.165, 1.54) is 37.4 Å². The normalized spacial score (nSPS) is 25.6. The first-order valence-corrected chi connectivity index (χ1v) is 10.4. The lowest BCUT2D eigenvalue weighted by atomic mass is 9.84. The number of amides is 1. The summed E-state index contributed by atoms with van der Waals surface area (Å²) in [7, 11) is 1.92. The van der Waals surface area contributed by atoms with Crippen molar-refractivity contribution in [3.8, 4) is 11.4 Å². The van der Waals surface area contributed by atoms with Gasteiger partial charge in [-0.05, 0) is 56.9 Å². The van der Waals surface area contributed by atoms with Crippen molar-refractivity contribution in [1.29, 1.82) is 0 Å². The molecule has 2 bridgehead atoms. The number of furan rings is 1. The second-order valence-corrected chi connectivity index (χ2v) is 8.68. The second kappa shape index (κ2) is 7.10. The smallest absolute Gasteiger partial charge is 0.230 e. The maximum absolute atomic E-state index is 12.4. The van der Waals surface area contributed by atoms with Crippen LogP contribution in [0.25, 0.3) is 11.4 Å². The number of nitrogens with one attached hydrogen (secondary N) is 1. The van der Waals surface area contributed by atoms with Crippen LogP contribution in [0.3, 0.4) is 0 Å². The lowest BCUT2D eigenvalue weighted by Crippen LogP contribution is -2.40. The van der Waals surface area contributed by atoms with Gasteiger partial charge in [-0.1, -0.05) is 18.2 Å². The van der Waals surface area contributed by atoms with Crippen molar-refractivity contribution < 1.29 is 9.21 Å². The van der Waals surface area contributed by atoms with Gasteiger partial charge in [0.2, 0.25) is 5.91 Å². The van der Waals surface area contributed by atoms with Crippen LogP contribution >= 0.6 is 11.8 Å². The molecule has 4 atom stereocenters. The first-order valence-electron chi connectivity index (χ1n) is 9.39. The SMILES string of the molecule is Cc1occc1-c1nnc(SCC(=O)N[C@@H](C)[C@H]2C[C@H]3CC[C@H]2C3)n1C. The minimum Gasteiger partial charge on any atom is -0.469 e. The Kier molecular flexibility index (Phi) is 4.82. The van der Waals surface area contributed by atoms with Crippen LogP contribution in [0.4, 0.5) is 0 Å². The summed E-state index contributed by atoms with van der Waals surface area (Å²) in [5, 5.41) is 12.4. The number of hydrogen-bond acceptors (Lipinski definition) is 5. The highest BCUT2D eigenvalue weighted by Crippen LogP contribution is 2.49. The van der Waals surface area contributed by atoms with Crippen LogP contribution in [0.15, 0.2) is 21.9 Å². The van der Waals surface area contributed by atoms with E-state index in [1.807, 2.05) is 24.6 Å². The maximum atomic E-state index is 12.4. The first-order chi connectivity index (χ1) is 12.5. The first kappa shape index (κ1) is 17.6. The van der Waals surface area contributed by atoms with Crippen molar-refractivity contribution in [2.24, 2.45) is 24.8 Å². The molecule has 4 rings (SSSR count). The van der Waals surface area contributed by atoms with Crippen molar-refractivity contribution >= 4 is 17.7 Å². The van der Waals surface area contributed by atoms with Crippen LogP contribution < -0.4 is 5.32 Å². The van der Waals surface area contributed by atoms with Crippen LogP contribution in [0.2, 0.25) is 0 Å².